The van der Waals surface area contributed by atoms with Gasteiger partial charge in [-0.2, -0.15) is 0 Å². The third kappa shape index (κ3) is 2.31. The van der Waals surface area contributed by atoms with E-state index in [4.69, 9.17) is 17.3 Å². The Labute approximate surface area is 109 Å². The molecule has 0 spiro atoms. The van der Waals surface area contributed by atoms with Crippen LogP contribution in [0.15, 0.2) is 24.4 Å². The molecule has 3 N–H and O–H groups in total. The molecule has 0 radical (unpaired) electrons. The monoisotopic (exact) mass is 265 g/mol. The summed E-state index contributed by atoms with van der Waals surface area (Å²) in [5.41, 5.74) is 6.48. The topological polar surface area (TPSA) is 77.2 Å². The van der Waals surface area contributed by atoms with Gasteiger partial charge in [0.25, 0.3) is 0 Å². The van der Waals surface area contributed by atoms with Gasteiger partial charge < -0.3 is 15.8 Å². The molecule has 0 unspecified atom stereocenters. The van der Waals surface area contributed by atoms with Crippen LogP contribution in [0.2, 0.25) is 5.02 Å². The van der Waals surface area contributed by atoms with Crippen LogP contribution in [-0.2, 0) is 9.53 Å². The van der Waals surface area contributed by atoms with Gasteiger partial charge in [-0.15, -0.1) is 0 Å². The van der Waals surface area contributed by atoms with Crippen LogP contribution in [0.5, 0.6) is 0 Å². The fraction of sp³-hybridized carbons (Fsp3) is 0.167. The average molecular weight is 266 g/mol. The van der Waals surface area contributed by atoms with Gasteiger partial charge in [-0.1, -0.05) is 11.6 Å². The summed E-state index contributed by atoms with van der Waals surface area (Å²) in [7, 11) is 1.32. The molecule has 0 fully saturated rings. The van der Waals surface area contributed by atoms with E-state index in [2.05, 4.69) is 15.0 Å². The van der Waals surface area contributed by atoms with Gasteiger partial charge in [-0.25, -0.2) is 4.98 Å². The molecule has 0 aliphatic carbocycles. The third-order valence-corrected chi connectivity index (χ3v) is 2.85. The number of pyridine rings is 1. The number of esters is 1. The van der Waals surface area contributed by atoms with Crippen molar-refractivity contribution in [3.8, 4) is 0 Å². The van der Waals surface area contributed by atoms with E-state index >= 15 is 0 Å². The zero-order chi connectivity index (χ0) is 13.1. The number of carbonyl (C=O) groups excluding carboxylic acids is 1. The number of nitrogens with two attached hydrogens (primary N) is 1. The average Bonchev–Trinajstić information content (AvgIpc) is 2.40. The Balaban J connectivity index is 2.45. The molecule has 0 aliphatic rings. The number of nitrogens with zero attached hydrogens (tertiary/aromatic N) is 1. The molecule has 2 aromatic rings. The molecule has 94 valence electrons. The second-order valence-corrected chi connectivity index (χ2v) is 4.06. The second-order valence-electron chi connectivity index (χ2n) is 3.65. The number of nitrogens with one attached hydrogen (secondary N) is 1. The van der Waals surface area contributed by atoms with E-state index in [1.165, 1.54) is 7.11 Å². The van der Waals surface area contributed by atoms with Gasteiger partial charge >= 0.3 is 5.97 Å². The van der Waals surface area contributed by atoms with E-state index < -0.39 is 0 Å². The Hall–Kier alpha value is -2.01. The number of nitrogen functional groups attached to an aromatic ring is 1. The lowest BCUT2D eigenvalue weighted by atomic mass is 10.1. The third-order valence-electron chi connectivity index (χ3n) is 2.54. The molecule has 0 atom stereocenters. The molecule has 0 amide bonds. The first kappa shape index (κ1) is 12.4. The highest BCUT2D eigenvalue weighted by molar-refractivity contribution is 6.37. The maximum atomic E-state index is 11.1. The fourth-order valence-corrected chi connectivity index (χ4v) is 1.90. The Morgan fingerprint density at radius 1 is 1.50 bits per heavy atom. The summed E-state index contributed by atoms with van der Waals surface area (Å²) in [6, 6.07) is 5.21. The van der Waals surface area contributed by atoms with Gasteiger partial charge in [0.2, 0.25) is 0 Å². The van der Waals surface area contributed by atoms with Gasteiger partial charge in [0.05, 0.1) is 12.1 Å². The van der Waals surface area contributed by atoms with Crippen LogP contribution in [0.4, 0.5) is 11.5 Å². The lowest BCUT2D eigenvalue weighted by molar-refractivity contribution is -0.138. The van der Waals surface area contributed by atoms with Crippen LogP contribution in [-0.4, -0.2) is 24.6 Å². The minimum absolute atomic E-state index is 0.0216. The number of hydrogen-bond acceptors (Lipinski definition) is 5. The standard InChI is InChI=1S/C12H12ClN3O2/c1-18-10(17)6-16-12-11-7(4-5-15-12)9(14)3-2-8(11)13/h2-5H,6,14H2,1H3,(H,15,16). The summed E-state index contributed by atoms with van der Waals surface area (Å²) in [6.07, 6.45) is 1.61. The highest BCUT2D eigenvalue weighted by atomic mass is 35.5. The van der Waals surface area contributed by atoms with Gasteiger partial charge in [0, 0.05) is 22.7 Å². The first-order valence-corrected chi connectivity index (χ1v) is 5.64. The summed E-state index contributed by atoms with van der Waals surface area (Å²) in [4.78, 5) is 15.3. The zero-order valence-electron chi connectivity index (χ0n) is 9.74. The molecular formula is C12H12ClN3O2. The zero-order valence-corrected chi connectivity index (χ0v) is 10.5. The molecule has 18 heavy (non-hydrogen) atoms. The number of methoxy groups -OCH3 is 1. The maximum absolute atomic E-state index is 11.1. The number of ether oxygens (including phenoxy) is 1. The Bertz CT molecular complexity index is 601. The van der Waals surface area contributed by atoms with Gasteiger partial charge in [-0.05, 0) is 18.2 Å². The van der Waals surface area contributed by atoms with Crippen molar-refractivity contribution in [2.75, 3.05) is 24.7 Å². The largest absolute Gasteiger partial charge is 0.468 e. The SMILES string of the molecule is COC(=O)CNc1nccc2c(N)ccc(Cl)c12. The van der Waals surface area contributed by atoms with Crippen LogP contribution in [0.25, 0.3) is 10.8 Å². The first-order chi connectivity index (χ1) is 8.63. The van der Waals surface area contributed by atoms with Gasteiger partial charge in [0.1, 0.15) is 12.4 Å². The first-order valence-electron chi connectivity index (χ1n) is 5.27. The fourth-order valence-electron chi connectivity index (χ4n) is 1.64. The Morgan fingerprint density at radius 3 is 3.00 bits per heavy atom. The van der Waals surface area contributed by atoms with Crippen LogP contribution in [0.1, 0.15) is 0 Å². The van der Waals surface area contributed by atoms with Crippen molar-refractivity contribution >= 4 is 39.8 Å². The number of fused-ring (bicyclic) bond motifs is 1. The quantitative estimate of drug-likeness (QED) is 0.656. The van der Waals surface area contributed by atoms with Gasteiger partial charge in [-0.3, -0.25) is 4.79 Å². The smallest absolute Gasteiger partial charge is 0.325 e. The van der Waals surface area contributed by atoms with Crippen molar-refractivity contribution in [1.82, 2.24) is 4.98 Å². The molecule has 1 aromatic heterocycles. The van der Waals surface area contributed by atoms with Crippen LogP contribution < -0.4 is 11.1 Å². The summed E-state index contributed by atoms with van der Waals surface area (Å²) in [6.45, 7) is 0.0216. The predicted octanol–water partition coefficient (Wildman–Crippen LogP) is 2.06. The van der Waals surface area contributed by atoms with E-state index in [-0.39, 0.29) is 12.5 Å². The van der Waals surface area contributed by atoms with Crippen molar-refractivity contribution in [2.24, 2.45) is 0 Å². The molecule has 1 heterocycles. The van der Waals surface area contributed by atoms with E-state index in [0.29, 0.717) is 21.9 Å². The molecule has 0 bridgehead atoms. The van der Waals surface area contributed by atoms with Crippen LogP contribution in [0, 0.1) is 0 Å². The molecule has 6 heteroatoms. The Morgan fingerprint density at radius 2 is 2.28 bits per heavy atom. The van der Waals surface area contributed by atoms with E-state index in [1.807, 2.05) is 0 Å². The van der Waals surface area contributed by atoms with E-state index in [9.17, 15) is 4.79 Å². The Kier molecular flexibility index (Phi) is 3.53. The van der Waals surface area contributed by atoms with E-state index in [0.717, 1.165) is 5.39 Å². The van der Waals surface area contributed by atoms with Crippen molar-refractivity contribution < 1.29 is 9.53 Å². The number of hydrogen-bond donors (Lipinski definition) is 2. The van der Waals surface area contributed by atoms with Crippen molar-refractivity contribution in [1.29, 1.82) is 0 Å². The number of aromatic nitrogens is 1. The minimum Gasteiger partial charge on any atom is -0.468 e. The molecular weight excluding hydrogens is 254 g/mol. The number of halogens is 1. The lowest BCUT2D eigenvalue weighted by Gasteiger charge is -2.10. The summed E-state index contributed by atoms with van der Waals surface area (Å²) in [5.74, 6) is 0.129. The number of rotatable bonds is 3. The van der Waals surface area contributed by atoms with Crippen LogP contribution >= 0.6 is 11.6 Å². The van der Waals surface area contributed by atoms with Crippen molar-refractivity contribution in [3.63, 3.8) is 0 Å². The number of benzene rings is 1. The highest BCUT2D eigenvalue weighted by Gasteiger charge is 2.10. The second kappa shape index (κ2) is 5.10. The minimum atomic E-state index is -0.381. The van der Waals surface area contributed by atoms with Crippen molar-refractivity contribution in [3.05, 3.63) is 29.4 Å². The lowest BCUT2D eigenvalue weighted by Crippen LogP contribution is -2.15. The number of anilines is 2. The summed E-state index contributed by atoms with van der Waals surface area (Å²) >= 11 is 6.13. The van der Waals surface area contributed by atoms with Crippen LogP contribution in [0.3, 0.4) is 0 Å². The molecule has 5 nitrogen and oxygen atoms in total. The molecule has 0 aliphatic heterocycles. The summed E-state index contributed by atoms with van der Waals surface area (Å²) in [5, 5.41) is 4.90. The predicted molar refractivity (Wildman–Crippen MR) is 71.7 cm³/mol. The highest BCUT2D eigenvalue weighted by Crippen LogP contribution is 2.32. The molecule has 1 aromatic carbocycles. The van der Waals surface area contributed by atoms with E-state index in [1.54, 1.807) is 24.4 Å². The van der Waals surface area contributed by atoms with Gasteiger partial charge in [0.15, 0.2) is 0 Å². The summed E-state index contributed by atoms with van der Waals surface area (Å²) < 4.78 is 4.55. The van der Waals surface area contributed by atoms with Crippen molar-refractivity contribution in [2.45, 2.75) is 0 Å². The molecule has 0 saturated carbocycles. The number of carbonyl (C=O) groups is 1. The molecule has 0 saturated heterocycles. The maximum Gasteiger partial charge on any atom is 0.325 e. The molecule has 2 rings (SSSR count). The normalized spacial score (nSPS) is 10.3.